The Morgan fingerprint density at radius 1 is 1.42 bits per heavy atom. The van der Waals surface area contributed by atoms with Gasteiger partial charge in [0.15, 0.2) is 0 Å². The Kier molecular flexibility index (Phi) is 3.33. The van der Waals surface area contributed by atoms with Gasteiger partial charge in [-0.15, -0.1) is 0 Å². The molecular formula is C10H12N2O6S. The Bertz CT molecular complexity index is 620. The van der Waals surface area contributed by atoms with Gasteiger partial charge in [-0.1, -0.05) is 0 Å². The third-order valence-electron chi connectivity index (χ3n) is 2.89. The molecule has 1 atom stereocenters. The van der Waals surface area contributed by atoms with Gasteiger partial charge in [-0.3, -0.25) is 4.79 Å². The third kappa shape index (κ3) is 2.34. The van der Waals surface area contributed by atoms with Crippen molar-refractivity contribution in [1.29, 1.82) is 0 Å². The van der Waals surface area contributed by atoms with Gasteiger partial charge in [0.1, 0.15) is 6.04 Å². The number of amides is 1. The summed E-state index contributed by atoms with van der Waals surface area (Å²) in [5.74, 6) is -2.58. The molecule has 9 heteroatoms. The normalized spacial score (nSPS) is 20.5. The number of carboxylic acid groups (broad SMARTS) is 1. The van der Waals surface area contributed by atoms with Crippen molar-refractivity contribution in [1.82, 2.24) is 4.31 Å². The van der Waals surface area contributed by atoms with Crippen LogP contribution in [0.2, 0.25) is 0 Å². The van der Waals surface area contributed by atoms with Crippen LogP contribution in [-0.2, 0) is 14.8 Å². The molecule has 1 aliphatic rings. The number of aromatic carboxylic acids is 1. The van der Waals surface area contributed by atoms with E-state index in [-0.39, 0.29) is 6.54 Å². The van der Waals surface area contributed by atoms with E-state index >= 15 is 0 Å². The lowest BCUT2D eigenvalue weighted by atomic mass is 10.2. The smallest absolute Gasteiger partial charge is 0.371 e. The van der Waals surface area contributed by atoms with E-state index in [1.54, 1.807) is 0 Å². The molecule has 0 aliphatic carbocycles. The lowest BCUT2D eigenvalue weighted by Crippen LogP contribution is -2.43. The first-order valence-corrected chi connectivity index (χ1v) is 6.92. The quantitative estimate of drug-likeness (QED) is 0.776. The van der Waals surface area contributed by atoms with Crippen LogP contribution in [-0.4, -0.2) is 42.3 Å². The van der Waals surface area contributed by atoms with E-state index in [1.165, 1.54) is 0 Å². The molecule has 0 bridgehead atoms. The van der Waals surface area contributed by atoms with Crippen LogP contribution in [0.15, 0.2) is 21.6 Å². The highest BCUT2D eigenvalue weighted by atomic mass is 32.2. The van der Waals surface area contributed by atoms with E-state index in [0.29, 0.717) is 12.8 Å². The number of nitrogens with zero attached hydrogens (tertiary/aromatic N) is 1. The third-order valence-corrected chi connectivity index (χ3v) is 4.67. The molecule has 0 spiro atoms. The van der Waals surface area contributed by atoms with Gasteiger partial charge in [0, 0.05) is 6.54 Å². The zero-order valence-electron chi connectivity index (χ0n) is 9.77. The number of hydrogen-bond donors (Lipinski definition) is 2. The van der Waals surface area contributed by atoms with Gasteiger partial charge in [0.2, 0.25) is 16.8 Å². The summed E-state index contributed by atoms with van der Waals surface area (Å²) in [7, 11) is -4.04. The van der Waals surface area contributed by atoms with Gasteiger partial charge in [-0.2, -0.15) is 4.31 Å². The second kappa shape index (κ2) is 4.67. The van der Waals surface area contributed by atoms with Gasteiger partial charge in [0.25, 0.3) is 10.0 Å². The highest BCUT2D eigenvalue weighted by Crippen LogP contribution is 2.27. The summed E-state index contributed by atoms with van der Waals surface area (Å²) in [5.41, 5.74) is 5.15. The van der Waals surface area contributed by atoms with Crippen molar-refractivity contribution in [3.63, 3.8) is 0 Å². The lowest BCUT2D eigenvalue weighted by molar-refractivity contribution is -0.121. The Labute approximate surface area is 108 Å². The molecule has 0 unspecified atom stereocenters. The van der Waals surface area contributed by atoms with Gasteiger partial charge in [-0.05, 0) is 25.0 Å². The Morgan fingerprint density at radius 3 is 2.63 bits per heavy atom. The minimum absolute atomic E-state index is 0.152. The molecule has 19 heavy (non-hydrogen) atoms. The SMILES string of the molecule is NC(=O)[C@H]1CCCN1S(=O)(=O)c1ccc(C(=O)O)o1. The molecule has 2 heterocycles. The number of carbonyl (C=O) groups excluding carboxylic acids is 1. The van der Waals surface area contributed by atoms with Gasteiger partial charge in [0.05, 0.1) is 0 Å². The molecule has 1 amide bonds. The molecule has 104 valence electrons. The summed E-state index contributed by atoms with van der Waals surface area (Å²) in [5, 5.41) is 8.19. The first kappa shape index (κ1) is 13.6. The van der Waals surface area contributed by atoms with E-state index in [0.717, 1.165) is 16.4 Å². The fraction of sp³-hybridized carbons (Fsp3) is 0.400. The second-order valence-corrected chi connectivity index (χ2v) is 5.92. The van der Waals surface area contributed by atoms with Crippen molar-refractivity contribution in [2.75, 3.05) is 6.54 Å². The minimum Gasteiger partial charge on any atom is -0.475 e. The van der Waals surface area contributed by atoms with E-state index in [2.05, 4.69) is 0 Å². The molecule has 2 rings (SSSR count). The summed E-state index contributed by atoms with van der Waals surface area (Å²) in [6.45, 7) is 0.152. The van der Waals surface area contributed by atoms with Crippen molar-refractivity contribution < 1.29 is 27.5 Å². The van der Waals surface area contributed by atoms with Crippen LogP contribution in [0, 0.1) is 0 Å². The second-order valence-electron chi connectivity index (χ2n) is 4.10. The van der Waals surface area contributed by atoms with Crippen LogP contribution in [0.3, 0.4) is 0 Å². The standard InChI is InChI=1S/C10H12N2O6S/c11-9(13)6-2-1-5-12(6)19(16,17)8-4-3-7(18-8)10(14)15/h3-4,6H,1-2,5H2,(H2,11,13)(H,14,15)/t6-/m1/s1. The van der Waals surface area contributed by atoms with Crippen molar-refractivity contribution in [2.45, 2.75) is 24.0 Å². The fourth-order valence-corrected chi connectivity index (χ4v) is 3.58. The van der Waals surface area contributed by atoms with Crippen molar-refractivity contribution in [2.24, 2.45) is 5.73 Å². The summed E-state index contributed by atoms with van der Waals surface area (Å²) < 4.78 is 30.1. The first-order valence-electron chi connectivity index (χ1n) is 5.48. The van der Waals surface area contributed by atoms with E-state index in [4.69, 9.17) is 15.3 Å². The van der Waals surface area contributed by atoms with Crippen molar-refractivity contribution >= 4 is 21.9 Å². The number of rotatable bonds is 4. The summed E-state index contributed by atoms with van der Waals surface area (Å²) in [4.78, 5) is 21.9. The van der Waals surface area contributed by atoms with Gasteiger partial charge in [-0.25, -0.2) is 13.2 Å². The van der Waals surface area contributed by atoms with Crippen LogP contribution in [0.4, 0.5) is 0 Å². The topological polar surface area (TPSA) is 131 Å². The molecule has 0 radical (unpaired) electrons. The molecule has 3 N–H and O–H groups in total. The van der Waals surface area contributed by atoms with Gasteiger partial charge >= 0.3 is 5.97 Å². The van der Waals surface area contributed by atoms with E-state index in [9.17, 15) is 18.0 Å². The van der Waals surface area contributed by atoms with E-state index in [1.807, 2.05) is 0 Å². The molecule has 1 aromatic rings. The highest BCUT2D eigenvalue weighted by Gasteiger charge is 2.40. The van der Waals surface area contributed by atoms with Crippen molar-refractivity contribution in [3.8, 4) is 0 Å². The fourth-order valence-electron chi connectivity index (χ4n) is 2.00. The number of sulfonamides is 1. The Balaban J connectivity index is 2.36. The Hall–Kier alpha value is -1.87. The predicted octanol–water partition coefficient (Wildman–Crippen LogP) is -0.384. The molecule has 8 nitrogen and oxygen atoms in total. The molecule has 0 saturated carbocycles. The number of hydrogen-bond acceptors (Lipinski definition) is 5. The zero-order chi connectivity index (χ0) is 14.2. The summed E-state index contributed by atoms with van der Waals surface area (Å²) in [6.07, 6.45) is 0.862. The Morgan fingerprint density at radius 2 is 2.11 bits per heavy atom. The molecular weight excluding hydrogens is 276 g/mol. The van der Waals surface area contributed by atoms with Crippen LogP contribution < -0.4 is 5.73 Å². The van der Waals surface area contributed by atoms with Crippen LogP contribution in [0.5, 0.6) is 0 Å². The number of primary amides is 1. The van der Waals surface area contributed by atoms with Gasteiger partial charge < -0.3 is 15.3 Å². The highest BCUT2D eigenvalue weighted by molar-refractivity contribution is 7.89. The number of furan rings is 1. The maximum Gasteiger partial charge on any atom is 0.371 e. The zero-order valence-corrected chi connectivity index (χ0v) is 10.6. The number of carboxylic acids is 1. The summed E-state index contributed by atoms with van der Waals surface area (Å²) in [6, 6.07) is 1.18. The summed E-state index contributed by atoms with van der Waals surface area (Å²) >= 11 is 0. The number of carbonyl (C=O) groups is 2. The molecule has 1 fully saturated rings. The minimum atomic E-state index is -4.04. The molecule has 1 aliphatic heterocycles. The molecule has 1 aromatic heterocycles. The van der Waals surface area contributed by atoms with Crippen LogP contribution >= 0.6 is 0 Å². The van der Waals surface area contributed by atoms with E-state index < -0.39 is 38.8 Å². The largest absolute Gasteiger partial charge is 0.475 e. The van der Waals surface area contributed by atoms with Crippen LogP contribution in [0.1, 0.15) is 23.4 Å². The first-order chi connectivity index (χ1) is 8.84. The lowest BCUT2D eigenvalue weighted by Gasteiger charge is -2.19. The monoisotopic (exact) mass is 288 g/mol. The average molecular weight is 288 g/mol. The molecule has 1 saturated heterocycles. The average Bonchev–Trinajstić information content (AvgIpc) is 2.98. The molecule has 0 aromatic carbocycles. The van der Waals surface area contributed by atoms with Crippen LogP contribution in [0.25, 0.3) is 0 Å². The predicted molar refractivity (Wildman–Crippen MR) is 61.8 cm³/mol. The maximum absolute atomic E-state index is 12.2. The maximum atomic E-state index is 12.2. The van der Waals surface area contributed by atoms with Crippen molar-refractivity contribution in [3.05, 3.63) is 17.9 Å². The number of nitrogens with two attached hydrogens (primary N) is 1.